The lowest BCUT2D eigenvalue weighted by molar-refractivity contribution is -0.118. The number of fused-ring (bicyclic) bond motifs is 3. The van der Waals surface area contributed by atoms with E-state index in [9.17, 15) is 9.70 Å². The van der Waals surface area contributed by atoms with Crippen molar-refractivity contribution >= 4 is 5.91 Å². The second-order valence-electron chi connectivity index (χ2n) is 9.96. The van der Waals surface area contributed by atoms with E-state index in [1.165, 1.54) is 5.56 Å². The SMILES string of the molecule is Cc1cc(OCCO)cc(C)c1-c1cccc(COc2ccc3c(c2)-c2ccccc2C3CC(=O)N=O)c1C. The van der Waals surface area contributed by atoms with E-state index in [1.807, 2.05) is 54.6 Å². The number of amides is 1. The van der Waals surface area contributed by atoms with E-state index in [4.69, 9.17) is 14.6 Å². The molecule has 198 valence electrons. The van der Waals surface area contributed by atoms with E-state index >= 15 is 0 Å². The number of carbonyl (C=O) groups is 1. The van der Waals surface area contributed by atoms with Crippen LogP contribution in [0.5, 0.6) is 11.5 Å². The predicted molar refractivity (Wildman–Crippen MR) is 152 cm³/mol. The van der Waals surface area contributed by atoms with Crippen LogP contribution in [0, 0.1) is 25.7 Å². The van der Waals surface area contributed by atoms with Crippen molar-refractivity contribution in [1.29, 1.82) is 0 Å². The number of carbonyl (C=O) groups excluding carboxylic acids is 1. The Balaban J connectivity index is 1.40. The van der Waals surface area contributed by atoms with E-state index in [1.54, 1.807) is 0 Å². The Kier molecular flexibility index (Phi) is 7.57. The standard InChI is InChI=1S/C33H31NO5/c1-20-15-25(38-14-13-35)16-21(2)33(20)26-10-6-7-23(22(26)3)19-39-24-11-12-29-30(17-24)27-8-4-5-9-28(27)31(29)18-32(36)34-37/h4-12,15-17,31,35H,13-14,18-19H2,1-3H3. The van der Waals surface area contributed by atoms with Gasteiger partial charge in [-0.25, -0.2) is 0 Å². The summed E-state index contributed by atoms with van der Waals surface area (Å²) in [7, 11) is 0. The molecule has 5 rings (SSSR count). The van der Waals surface area contributed by atoms with Crippen molar-refractivity contribution in [3.05, 3.63) is 111 Å². The normalized spacial score (nSPS) is 13.5. The highest BCUT2D eigenvalue weighted by molar-refractivity contribution is 5.85. The quantitative estimate of drug-likeness (QED) is 0.239. The van der Waals surface area contributed by atoms with Crippen LogP contribution in [0.4, 0.5) is 0 Å². The number of nitroso groups, excluding NO2 is 1. The first-order valence-electron chi connectivity index (χ1n) is 13.1. The van der Waals surface area contributed by atoms with Gasteiger partial charge in [0.2, 0.25) is 0 Å². The van der Waals surface area contributed by atoms with Crippen molar-refractivity contribution in [2.45, 2.75) is 39.7 Å². The summed E-state index contributed by atoms with van der Waals surface area (Å²) in [5.74, 6) is 0.677. The van der Waals surface area contributed by atoms with Crippen molar-refractivity contribution in [3.63, 3.8) is 0 Å². The van der Waals surface area contributed by atoms with Gasteiger partial charge in [-0.3, -0.25) is 4.79 Å². The van der Waals surface area contributed by atoms with Gasteiger partial charge in [-0.1, -0.05) is 48.5 Å². The summed E-state index contributed by atoms with van der Waals surface area (Å²) in [5.41, 5.74) is 10.9. The van der Waals surface area contributed by atoms with E-state index in [0.717, 1.165) is 61.6 Å². The average molecular weight is 522 g/mol. The van der Waals surface area contributed by atoms with Crippen LogP contribution in [-0.2, 0) is 11.4 Å². The summed E-state index contributed by atoms with van der Waals surface area (Å²) in [5, 5.41) is 11.7. The second kappa shape index (κ2) is 11.2. The number of rotatable bonds is 9. The van der Waals surface area contributed by atoms with Crippen LogP contribution in [0.25, 0.3) is 22.3 Å². The van der Waals surface area contributed by atoms with Crippen molar-refractivity contribution in [3.8, 4) is 33.8 Å². The fourth-order valence-electron chi connectivity index (χ4n) is 5.67. The average Bonchev–Trinajstić information content (AvgIpc) is 3.24. The Bertz CT molecular complexity index is 1530. The Morgan fingerprint density at radius 2 is 1.54 bits per heavy atom. The lowest BCUT2D eigenvalue weighted by Gasteiger charge is -2.18. The van der Waals surface area contributed by atoms with Gasteiger partial charge in [-0.2, -0.15) is 0 Å². The predicted octanol–water partition coefficient (Wildman–Crippen LogP) is 7.02. The molecule has 4 aromatic rings. The van der Waals surface area contributed by atoms with Gasteiger partial charge in [0.1, 0.15) is 24.7 Å². The lowest BCUT2D eigenvalue weighted by atomic mass is 9.90. The zero-order valence-electron chi connectivity index (χ0n) is 22.4. The monoisotopic (exact) mass is 521 g/mol. The van der Waals surface area contributed by atoms with E-state index < -0.39 is 5.91 Å². The summed E-state index contributed by atoms with van der Waals surface area (Å²) >= 11 is 0. The molecule has 0 heterocycles. The zero-order valence-corrected chi connectivity index (χ0v) is 22.4. The first kappa shape index (κ1) is 26.3. The molecule has 1 N–H and O–H groups in total. The first-order valence-corrected chi connectivity index (χ1v) is 13.1. The van der Waals surface area contributed by atoms with Crippen molar-refractivity contribution in [1.82, 2.24) is 0 Å². The molecular weight excluding hydrogens is 490 g/mol. The molecule has 0 fully saturated rings. The fraction of sp³-hybridized carbons (Fsp3) is 0.242. The molecule has 1 aliphatic rings. The Morgan fingerprint density at radius 3 is 2.28 bits per heavy atom. The number of aryl methyl sites for hydroxylation is 2. The van der Waals surface area contributed by atoms with Gasteiger partial charge in [0, 0.05) is 17.5 Å². The third-order valence-corrected chi connectivity index (χ3v) is 7.48. The molecule has 1 unspecified atom stereocenters. The Morgan fingerprint density at radius 1 is 0.821 bits per heavy atom. The second-order valence-corrected chi connectivity index (χ2v) is 9.96. The van der Waals surface area contributed by atoms with Crippen LogP contribution in [0.1, 0.15) is 45.7 Å². The molecule has 0 aromatic heterocycles. The summed E-state index contributed by atoms with van der Waals surface area (Å²) < 4.78 is 11.9. The maximum Gasteiger partial charge on any atom is 0.287 e. The lowest BCUT2D eigenvalue weighted by Crippen LogP contribution is -2.04. The summed E-state index contributed by atoms with van der Waals surface area (Å²) in [4.78, 5) is 22.6. The third-order valence-electron chi connectivity index (χ3n) is 7.48. The van der Waals surface area contributed by atoms with E-state index in [0.29, 0.717) is 6.61 Å². The van der Waals surface area contributed by atoms with Gasteiger partial charge < -0.3 is 14.6 Å². The highest BCUT2D eigenvalue weighted by Gasteiger charge is 2.30. The summed E-state index contributed by atoms with van der Waals surface area (Å²) in [6.07, 6.45) is 0.0626. The van der Waals surface area contributed by atoms with Gasteiger partial charge in [0.15, 0.2) is 0 Å². The van der Waals surface area contributed by atoms with E-state index in [2.05, 4.69) is 44.1 Å². The number of aliphatic hydroxyl groups excluding tert-OH is 1. The highest BCUT2D eigenvalue weighted by atomic mass is 16.5. The third kappa shape index (κ3) is 5.20. The molecular formula is C33H31NO5. The number of hydrogen-bond acceptors (Lipinski definition) is 5. The molecule has 0 radical (unpaired) electrons. The van der Waals surface area contributed by atoms with Gasteiger partial charge in [0.25, 0.3) is 5.91 Å². The molecule has 39 heavy (non-hydrogen) atoms. The molecule has 1 amide bonds. The molecule has 4 aromatic carbocycles. The summed E-state index contributed by atoms with van der Waals surface area (Å²) in [6.45, 7) is 6.93. The topological polar surface area (TPSA) is 85.2 Å². The summed E-state index contributed by atoms with van der Waals surface area (Å²) in [6, 6.07) is 24.2. The van der Waals surface area contributed by atoms with Gasteiger partial charge in [0.05, 0.1) is 6.61 Å². The van der Waals surface area contributed by atoms with Crippen LogP contribution in [0.2, 0.25) is 0 Å². The fourth-order valence-corrected chi connectivity index (χ4v) is 5.67. The highest BCUT2D eigenvalue weighted by Crippen LogP contribution is 2.47. The number of ether oxygens (including phenoxy) is 2. The zero-order chi connectivity index (χ0) is 27.5. The smallest absolute Gasteiger partial charge is 0.287 e. The van der Waals surface area contributed by atoms with Gasteiger partial charge >= 0.3 is 0 Å². The van der Waals surface area contributed by atoms with Crippen LogP contribution in [0.15, 0.2) is 78.0 Å². The van der Waals surface area contributed by atoms with Crippen LogP contribution >= 0.6 is 0 Å². The van der Waals surface area contributed by atoms with Crippen molar-refractivity contribution in [2.75, 3.05) is 13.2 Å². The molecule has 0 bridgehead atoms. The van der Waals surface area contributed by atoms with Crippen LogP contribution in [-0.4, -0.2) is 24.2 Å². The maximum absolute atomic E-state index is 11.9. The first-order chi connectivity index (χ1) is 18.9. The number of aliphatic hydroxyl groups is 1. The molecule has 1 aliphatic carbocycles. The minimum Gasteiger partial charge on any atom is -0.491 e. The molecule has 0 saturated heterocycles. The maximum atomic E-state index is 11.9. The van der Waals surface area contributed by atoms with Gasteiger partial charge in [-0.05, 0) is 101 Å². The number of hydrogen-bond donors (Lipinski definition) is 1. The Labute approximate surface area is 228 Å². The van der Waals surface area contributed by atoms with Crippen molar-refractivity contribution < 1.29 is 19.4 Å². The van der Waals surface area contributed by atoms with E-state index in [-0.39, 0.29) is 25.6 Å². The molecule has 6 nitrogen and oxygen atoms in total. The molecule has 0 aliphatic heterocycles. The van der Waals surface area contributed by atoms with Crippen LogP contribution < -0.4 is 9.47 Å². The number of benzene rings is 4. The minimum absolute atomic E-state index is 0.0182. The largest absolute Gasteiger partial charge is 0.491 e. The Hall–Kier alpha value is -4.29. The van der Waals surface area contributed by atoms with Gasteiger partial charge in [-0.15, -0.1) is 4.91 Å². The molecule has 6 heteroatoms. The van der Waals surface area contributed by atoms with Crippen molar-refractivity contribution in [2.24, 2.45) is 5.18 Å². The number of nitrogens with zero attached hydrogens (tertiary/aromatic N) is 1. The molecule has 0 spiro atoms. The minimum atomic E-state index is -0.642. The molecule has 0 saturated carbocycles. The van der Waals surface area contributed by atoms with Crippen LogP contribution in [0.3, 0.4) is 0 Å². The molecule has 1 atom stereocenters.